The van der Waals surface area contributed by atoms with Gasteiger partial charge in [0.25, 0.3) is 0 Å². The van der Waals surface area contributed by atoms with Crippen molar-refractivity contribution >= 4 is 5.97 Å². The summed E-state index contributed by atoms with van der Waals surface area (Å²) >= 11 is 0. The quantitative estimate of drug-likeness (QED) is 0.719. The number of hydrogen-bond donors (Lipinski definition) is 0. The van der Waals surface area contributed by atoms with Crippen molar-refractivity contribution in [3.63, 3.8) is 0 Å². The molecular formula is C13H18O3. The van der Waals surface area contributed by atoms with Crippen molar-refractivity contribution in [1.29, 1.82) is 0 Å². The van der Waals surface area contributed by atoms with Gasteiger partial charge in [-0.1, -0.05) is 26.0 Å². The second-order valence-corrected chi connectivity index (χ2v) is 3.77. The summed E-state index contributed by atoms with van der Waals surface area (Å²) in [4.78, 5) is 11.4. The third-order valence-corrected chi connectivity index (χ3v) is 2.53. The van der Waals surface area contributed by atoms with Crippen molar-refractivity contribution in [3.8, 4) is 5.75 Å². The number of methoxy groups -OCH3 is 1. The second-order valence-electron chi connectivity index (χ2n) is 3.77. The van der Waals surface area contributed by atoms with Crippen LogP contribution in [0.1, 0.15) is 25.8 Å². The lowest BCUT2D eigenvalue weighted by molar-refractivity contribution is -0.149. The van der Waals surface area contributed by atoms with Gasteiger partial charge in [0.05, 0.1) is 13.0 Å². The highest BCUT2D eigenvalue weighted by Crippen LogP contribution is 2.14. The third-order valence-electron chi connectivity index (χ3n) is 2.53. The van der Waals surface area contributed by atoms with E-state index in [2.05, 4.69) is 0 Å². The largest absolute Gasteiger partial charge is 0.497 e. The molecule has 1 rings (SSSR count). The summed E-state index contributed by atoms with van der Waals surface area (Å²) in [5.74, 6) is 0.591. The minimum absolute atomic E-state index is 0.0365. The molecule has 0 saturated carbocycles. The van der Waals surface area contributed by atoms with E-state index in [9.17, 15) is 4.79 Å². The number of carbonyl (C=O) groups is 1. The fourth-order valence-corrected chi connectivity index (χ4v) is 1.23. The zero-order chi connectivity index (χ0) is 12.0. The normalized spacial score (nSPS) is 11.9. The Hall–Kier alpha value is -1.51. The van der Waals surface area contributed by atoms with Crippen LogP contribution in [0, 0.1) is 5.92 Å². The van der Waals surface area contributed by atoms with E-state index in [1.807, 2.05) is 38.1 Å². The molecule has 1 aromatic carbocycles. The molecule has 0 fully saturated rings. The van der Waals surface area contributed by atoms with E-state index >= 15 is 0 Å². The van der Waals surface area contributed by atoms with Crippen LogP contribution in [0.25, 0.3) is 0 Å². The molecule has 0 aliphatic heterocycles. The van der Waals surface area contributed by atoms with Crippen LogP contribution in [0.15, 0.2) is 24.3 Å². The number of benzene rings is 1. The van der Waals surface area contributed by atoms with Crippen molar-refractivity contribution in [2.75, 3.05) is 7.11 Å². The van der Waals surface area contributed by atoms with Gasteiger partial charge in [-0.2, -0.15) is 0 Å². The Morgan fingerprint density at radius 2 is 2.19 bits per heavy atom. The van der Waals surface area contributed by atoms with Gasteiger partial charge in [-0.15, -0.1) is 0 Å². The van der Waals surface area contributed by atoms with E-state index in [0.29, 0.717) is 6.61 Å². The molecule has 0 saturated heterocycles. The monoisotopic (exact) mass is 222 g/mol. The Morgan fingerprint density at radius 1 is 1.44 bits per heavy atom. The number of ether oxygens (including phenoxy) is 2. The number of carbonyl (C=O) groups excluding carboxylic acids is 1. The molecule has 0 aliphatic carbocycles. The van der Waals surface area contributed by atoms with E-state index in [1.165, 1.54) is 0 Å². The minimum atomic E-state index is -0.148. The molecule has 0 aromatic heterocycles. The van der Waals surface area contributed by atoms with Crippen LogP contribution in [-0.4, -0.2) is 13.1 Å². The van der Waals surface area contributed by atoms with Gasteiger partial charge >= 0.3 is 5.97 Å². The van der Waals surface area contributed by atoms with Crippen LogP contribution in [0.5, 0.6) is 5.75 Å². The van der Waals surface area contributed by atoms with Crippen LogP contribution in [0.3, 0.4) is 0 Å². The van der Waals surface area contributed by atoms with Crippen molar-refractivity contribution in [2.24, 2.45) is 5.92 Å². The molecule has 0 bridgehead atoms. The second kappa shape index (κ2) is 6.16. The molecule has 0 spiro atoms. The lowest BCUT2D eigenvalue weighted by Crippen LogP contribution is -2.13. The van der Waals surface area contributed by atoms with Gasteiger partial charge < -0.3 is 9.47 Å². The maximum Gasteiger partial charge on any atom is 0.308 e. The molecular weight excluding hydrogens is 204 g/mol. The summed E-state index contributed by atoms with van der Waals surface area (Å²) in [5, 5.41) is 0. The highest BCUT2D eigenvalue weighted by Gasteiger charge is 2.11. The predicted molar refractivity (Wildman–Crippen MR) is 62.2 cm³/mol. The van der Waals surface area contributed by atoms with E-state index in [4.69, 9.17) is 9.47 Å². The van der Waals surface area contributed by atoms with Crippen molar-refractivity contribution in [2.45, 2.75) is 26.9 Å². The Labute approximate surface area is 96.4 Å². The van der Waals surface area contributed by atoms with Crippen LogP contribution in [-0.2, 0) is 16.1 Å². The molecule has 88 valence electrons. The Bertz CT molecular complexity index is 347. The smallest absolute Gasteiger partial charge is 0.308 e. The topological polar surface area (TPSA) is 35.5 Å². The molecule has 1 unspecified atom stereocenters. The number of esters is 1. The summed E-state index contributed by atoms with van der Waals surface area (Å²) in [5.41, 5.74) is 0.941. The summed E-state index contributed by atoms with van der Waals surface area (Å²) in [6.45, 7) is 4.14. The molecule has 3 heteroatoms. The summed E-state index contributed by atoms with van der Waals surface area (Å²) in [6.07, 6.45) is 0.803. The highest BCUT2D eigenvalue weighted by atomic mass is 16.5. The highest BCUT2D eigenvalue weighted by molar-refractivity contribution is 5.71. The van der Waals surface area contributed by atoms with Crippen LogP contribution in [0.2, 0.25) is 0 Å². The average Bonchev–Trinajstić information content (AvgIpc) is 2.35. The first kappa shape index (κ1) is 12.6. The lowest BCUT2D eigenvalue weighted by Gasteiger charge is -2.09. The van der Waals surface area contributed by atoms with E-state index in [-0.39, 0.29) is 11.9 Å². The van der Waals surface area contributed by atoms with Gasteiger partial charge in [0, 0.05) is 0 Å². The average molecular weight is 222 g/mol. The van der Waals surface area contributed by atoms with Crippen LogP contribution < -0.4 is 4.74 Å². The Kier molecular flexibility index (Phi) is 4.83. The zero-order valence-electron chi connectivity index (χ0n) is 10.0. The van der Waals surface area contributed by atoms with Crippen molar-refractivity contribution in [1.82, 2.24) is 0 Å². The fraction of sp³-hybridized carbons (Fsp3) is 0.462. The first-order chi connectivity index (χ1) is 7.67. The number of hydrogen-bond acceptors (Lipinski definition) is 3. The maximum atomic E-state index is 11.4. The summed E-state index contributed by atoms with van der Waals surface area (Å²) < 4.78 is 10.3. The molecule has 0 radical (unpaired) electrons. The predicted octanol–water partition coefficient (Wildman–Crippen LogP) is 2.78. The van der Waals surface area contributed by atoms with E-state index < -0.39 is 0 Å². The molecule has 0 aliphatic rings. The van der Waals surface area contributed by atoms with Crippen LogP contribution in [0.4, 0.5) is 0 Å². The van der Waals surface area contributed by atoms with E-state index in [1.54, 1.807) is 7.11 Å². The van der Waals surface area contributed by atoms with Crippen LogP contribution >= 0.6 is 0 Å². The van der Waals surface area contributed by atoms with E-state index in [0.717, 1.165) is 17.7 Å². The molecule has 3 nitrogen and oxygen atoms in total. The van der Waals surface area contributed by atoms with Gasteiger partial charge in [0.1, 0.15) is 12.4 Å². The zero-order valence-corrected chi connectivity index (χ0v) is 10.0. The standard InChI is InChI=1S/C13H18O3/c1-4-10(2)13(14)16-9-11-6-5-7-12(8-11)15-3/h5-8,10H,4,9H2,1-3H3. The maximum absolute atomic E-state index is 11.4. The Morgan fingerprint density at radius 3 is 2.81 bits per heavy atom. The summed E-state index contributed by atoms with van der Waals surface area (Å²) in [7, 11) is 1.62. The Balaban J connectivity index is 2.51. The molecule has 0 N–H and O–H groups in total. The number of rotatable bonds is 5. The molecule has 0 heterocycles. The molecule has 0 amide bonds. The first-order valence-corrected chi connectivity index (χ1v) is 5.47. The SMILES string of the molecule is CCC(C)C(=O)OCc1cccc(OC)c1. The molecule has 16 heavy (non-hydrogen) atoms. The molecule has 1 atom stereocenters. The molecule has 1 aromatic rings. The first-order valence-electron chi connectivity index (χ1n) is 5.47. The lowest BCUT2D eigenvalue weighted by atomic mass is 10.1. The van der Waals surface area contributed by atoms with Crippen molar-refractivity contribution < 1.29 is 14.3 Å². The minimum Gasteiger partial charge on any atom is -0.497 e. The third kappa shape index (κ3) is 3.57. The summed E-state index contributed by atoms with van der Waals surface area (Å²) in [6, 6.07) is 7.52. The van der Waals surface area contributed by atoms with Crippen molar-refractivity contribution in [3.05, 3.63) is 29.8 Å². The van der Waals surface area contributed by atoms with Gasteiger partial charge in [0.2, 0.25) is 0 Å². The van der Waals surface area contributed by atoms with Gasteiger partial charge in [-0.05, 0) is 24.1 Å². The van der Waals surface area contributed by atoms with Gasteiger partial charge in [0.15, 0.2) is 0 Å². The van der Waals surface area contributed by atoms with Gasteiger partial charge in [-0.3, -0.25) is 4.79 Å². The fourth-order valence-electron chi connectivity index (χ4n) is 1.23. The van der Waals surface area contributed by atoms with Gasteiger partial charge in [-0.25, -0.2) is 0 Å².